The lowest BCUT2D eigenvalue weighted by molar-refractivity contribution is -0.145. The lowest BCUT2D eigenvalue weighted by atomic mass is 9.98. The van der Waals surface area contributed by atoms with Gasteiger partial charge in [0.15, 0.2) is 0 Å². The number of methoxy groups -OCH3 is 1. The van der Waals surface area contributed by atoms with Crippen LogP contribution in [0.3, 0.4) is 0 Å². The summed E-state index contributed by atoms with van der Waals surface area (Å²) in [6.45, 7) is 0. The van der Waals surface area contributed by atoms with Crippen LogP contribution < -0.4 is 5.32 Å². The normalized spacial score (nSPS) is 11.8. The Morgan fingerprint density at radius 2 is 1.68 bits per heavy atom. The molecule has 0 saturated carbocycles. The number of hydrogen-bond acceptors (Lipinski definition) is 3. The van der Waals surface area contributed by atoms with Crippen LogP contribution in [0.25, 0.3) is 10.8 Å². The minimum absolute atomic E-state index is 0.184. The van der Waals surface area contributed by atoms with Crippen LogP contribution in [0.2, 0.25) is 0 Å². The van der Waals surface area contributed by atoms with Crippen molar-refractivity contribution in [2.24, 2.45) is 0 Å². The molecule has 1 N–H and O–H groups in total. The fourth-order valence-electron chi connectivity index (χ4n) is 3.17. The zero-order valence-electron chi connectivity index (χ0n) is 15.2. The third kappa shape index (κ3) is 4.71. The van der Waals surface area contributed by atoms with Gasteiger partial charge < -0.3 is 10.1 Å². The van der Waals surface area contributed by atoms with Gasteiger partial charge in [-0.05, 0) is 34.0 Å². The van der Waals surface area contributed by atoms with Crippen molar-refractivity contribution in [3.05, 3.63) is 83.4 Å². The SMILES string of the molecule is COC(=O)[C@@H](Cc1cccc2ccccc12)NC(=O)Cc1cc(F)cc(F)c1. The van der Waals surface area contributed by atoms with Gasteiger partial charge in [-0.2, -0.15) is 0 Å². The van der Waals surface area contributed by atoms with E-state index in [1.165, 1.54) is 7.11 Å². The van der Waals surface area contributed by atoms with Crippen molar-refractivity contribution in [3.8, 4) is 0 Å². The average molecular weight is 383 g/mol. The summed E-state index contributed by atoms with van der Waals surface area (Å²) < 4.78 is 31.4. The fraction of sp³-hybridized carbons (Fsp3) is 0.182. The van der Waals surface area contributed by atoms with Crippen LogP contribution in [0, 0.1) is 11.6 Å². The van der Waals surface area contributed by atoms with Crippen LogP contribution in [-0.4, -0.2) is 25.0 Å². The van der Waals surface area contributed by atoms with Crippen molar-refractivity contribution >= 4 is 22.6 Å². The summed E-state index contributed by atoms with van der Waals surface area (Å²) in [5.74, 6) is -2.64. The monoisotopic (exact) mass is 383 g/mol. The Labute approximate surface area is 161 Å². The Kier molecular flexibility index (Phi) is 5.99. The molecule has 0 radical (unpaired) electrons. The average Bonchev–Trinajstić information content (AvgIpc) is 2.66. The molecule has 0 saturated heterocycles. The van der Waals surface area contributed by atoms with E-state index in [9.17, 15) is 18.4 Å². The zero-order valence-corrected chi connectivity index (χ0v) is 15.2. The van der Waals surface area contributed by atoms with Crippen LogP contribution in [0.4, 0.5) is 8.78 Å². The summed E-state index contributed by atoms with van der Waals surface area (Å²) >= 11 is 0. The van der Waals surface area contributed by atoms with Gasteiger partial charge in [0.2, 0.25) is 5.91 Å². The quantitative estimate of drug-likeness (QED) is 0.662. The molecule has 0 unspecified atom stereocenters. The summed E-state index contributed by atoms with van der Waals surface area (Å²) in [5, 5.41) is 4.60. The number of amides is 1. The predicted molar refractivity (Wildman–Crippen MR) is 102 cm³/mol. The lowest BCUT2D eigenvalue weighted by Gasteiger charge is -2.18. The maximum Gasteiger partial charge on any atom is 0.328 e. The van der Waals surface area contributed by atoms with E-state index in [1.54, 1.807) is 0 Å². The van der Waals surface area contributed by atoms with Crippen LogP contribution >= 0.6 is 0 Å². The number of ether oxygens (including phenoxy) is 1. The first-order valence-corrected chi connectivity index (χ1v) is 8.75. The Morgan fingerprint density at radius 1 is 1.00 bits per heavy atom. The van der Waals surface area contributed by atoms with Crippen molar-refractivity contribution in [2.45, 2.75) is 18.9 Å². The Morgan fingerprint density at radius 3 is 2.39 bits per heavy atom. The van der Waals surface area contributed by atoms with E-state index in [1.807, 2.05) is 42.5 Å². The molecule has 0 aromatic heterocycles. The number of rotatable bonds is 6. The van der Waals surface area contributed by atoms with Crippen LogP contribution in [0.5, 0.6) is 0 Å². The van der Waals surface area contributed by atoms with E-state index in [4.69, 9.17) is 4.74 Å². The molecule has 0 aliphatic rings. The van der Waals surface area contributed by atoms with Crippen LogP contribution in [0.15, 0.2) is 60.7 Å². The number of carbonyl (C=O) groups is 2. The summed E-state index contributed by atoms with van der Waals surface area (Å²) in [7, 11) is 1.24. The first-order valence-electron chi connectivity index (χ1n) is 8.75. The van der Waals surface area contributed by atoms with Gasteiger partial charge in [-0.3, -0.25) is 4.79 Å². The molecule has 3 aromatic rings. The molecule has 0 fully saturated rings. The molecule has 4 nitrogen and oxygen atoms in total. The largest absolute Gasteiger partial charge is 0.467 e. The third-order valence-corrected chi connectivity index (χ3v) is 4.41. The molecule has 28 heavy (non-hydrogen) atoms. The summed E-state index contributed by atoms with van der Waals surface area (Å²) in [6, 6.07) is 15.4. The molecule has 0 aliphatic carbocycles. The highest BCUT2D eigenvalue weighted by Crippen LogP contribution is 2.20. The maximum absolute atomic E-state index is 13.3. The predicted octanol–water partition coefficient (Wildman–Crippen LogP) is 3.56. The standard InChI is InChI=1S/C22H19F2NO3/c1-28-22(27)20(12-16-7-4-6-15-5-2-3-8-19(15)16)25-21(26)11-14-9-17(23)13-18(24)10-14/h2-10,13,20H,11-12H2,1H3,(H,25,26)/t20-/m1/s1. The van der Waals surface area contributed by atoms with E-state index in [0.717, 1.165) is 34.5 Å². The molecule has 1 amide bonds. The smallest absolute Gasteiger partial charge is 0.328 e. The van der Waals surface area contributed by atoms with Gasteiger partial charge in [0.25, 0.3) is 0 Å². The van der Waals surface area contributed by atoms with E-state index >= 15 is 0 Å². The molecular weight excluding hydrogens is 364 g/mol. The second-order valence-corrected chi connectivity index (χ2v) is 6.44. The van der Waals surface area contributed by atoms with E-state index in [2.05, 4.69) is 5.32 Å². The number of fused-ring (bicyclic) bond motifs is 1. The molecule has 6 heteroatoms. The number of hydrogen-bond donors (Lipinski definition) is 1. The Bertz CT molecular complexity index is 994. The highest BCUT2D eigenvalue weighted by atomic mass is 19.1. The highest BCUT2D eigenvalue weighted by molar-refractivity contribution is 5.88. The highest BCUT2D eigenvalue weighted by Gasteiger charge is 2.23. The van der Waals surface area contributed by atoms with Gasteiger partial charge in [-0.25, -0.2) is 13.6 Å². The molecule has 0 heterocycles. The zero-order chi connectivity index (χ0) is 20.1. The lowest BCUT2D eigenvalue weighted by Crippen LogP contribution is -2.43. The van der Waals surface area contributed by atoms with Crippen molar-refractivity contribution < 1.29 is 23.1 Å². The molecule has 144 valence electrons. The number of halogens is 2. The van der Waals surface area contributed by atoms with Crippen molar-refractivity contribution in [2.75, 3.05) is 7.11 Å². The Balaban J connectivity index is 1.78. The van der Waals surface area contributed by atoms with E-state index < -0.39 is 29.6 Å². The second kappa shape index (κ2) is 8.61. The van der Waals surface area contributed by atoms with Crippen molar-refractivity contribution in [3.63, 3.8) is 0 Å². The maximum atomic E-state index is 13.3. The number of nitrogens with one attached hydrogen (secondary N) is 1. The van der Waals surface area contributed by atoms with Crippen molar-refractivity contribution in [1.82, 2.24) is 5.32 Å². The molecule has 3 rings (SSSR count). The van der Waals surface area contributed by atoms with Crippen LogP contribution in [0.1, 0.15) is 11.1 Å². The minimum Gasteiger partial charge on any atom is -0.467 e. The topological polar surface area (TPSA) is 55.4 Å². The molecular formula is C22H19F2NO3. The van der Waals surface area contributed by atoms with Gasteiger partial charge in [-0.15, -0.1) is 0 Å². The first kappa shape index (κ1) is 19.5. The fourth-order valence-corrected chi connectivity index (χ4v) is 3.17. The molecule has 0 bridgehead atoms. The number of carbonyl (C=O) groups excluding carboxylic acids is 2. The van der Waals surface area contributed by atoms with E-state index in [0.29, 0.717) is 0 Å². The van der Waals surface area contributed by atoms with E-state index in [-0.39, 0.29) is 18.4 Å². The number of benzene rings is 3. The minimum atomic E-state index is -0.915. The van der Waals surface area contributed by atoms with Crippen LogP contribution in [-0.2, 0) is 27.2 Å². The Hall–Kier alpha value is -3.28. The van der Waals surface area contributed by atoms with Gasteiger partial charge in [-0.1, -0.05) is 42.5 Å². The summed E-state index contributed by atoms with van der Waals surface area (Å²) in [5.41, 5.74) is 1.06. The molecule has 1 atom stereocenters. The van der Waals surface area contributed by atoms with Gasteiger partial charge >= 0.3 is 5.97 Å². The second-order valence-electron chi connectivity index (χ2n) is 6.44. The van der Waals surface area contributed by atoms with Gasteiger partial charge in [0.1, 0.15) is 17.7 Å². The number of esters is 1. The molecule has 0 spiro atoms. The summed E-state index contributed by atoms with van der Waals surface area (Å²) in [6.07, 6.45) is -0.0189. The third-order valence-electron chi connectivity index (χ3n) is 4.41. The van der Waals surface area contributed by atoms with Gasteiger partial charge in [0.05, 0.1) is 13.5 Å². The summed E-state index contributed by atoms with van der Waals surface area (Å²) in [4.78, 5) is 24.5. The molecule has 3 aromatic carbocycles. The van der Waals surface area contributed by atoms with Crippen molar-refractivity contribution in [1.29, 1.82) is 0 Å². The molecule has 0 aliphatic heterocycles. The first-order chi connectivity index (χ1) is 13.5. The van der Waals surface area contributed by atoms with Gasteiger partial charge in [0, 0.05) is 12.5 Å².